The minimum atomic E-state index is -0.472. The third-order valence-electron chi connectivity index (χ3n) is 2.17. The Labute approximate surface area is 83.7 Å². The molecule has 0 amide bonds. The minimum Gasteiger partial charge on any atom is -0.384 e. The van der Waals surface area contributed by atoms with Crippen molar-refractivity contribution in [2.24, 2.45) is 0 Å². The van der Waals surface area contributed by atoms with Crippen LogP contribution >= 0.6 is 0 Å². The largest absolute Gasteiger partial charge is 0.384 e. The van der Waals surface area contributed by atoms with Crippen molar-refractivity contribution in [1.29, 1.82) is 0 Å². The molecule has 1 aliphatic rings. The highest BCUT2D eigenvalue weighted by molar-refractivity contribution is 5.58. The van der Waals surface area contributed by atoms with Crippen LogP contribution in [0.5, 0.6) is 0 Å². The fourth-order valence-corrected chi connectivity index (χ4v) is 1.42. The number of aliphatic hydroxyl groups excluding tert-OH is 1. The van der Waals surface area contributed by atoms with Gasteiger partial charge in [-0.2, -0.15) is 0 Å². The molecule has 0 bridgehead atoms. The van der Waals surface area contributed by atoms with E-state index in [2.05, 4.69) is 0 Å². The van der Waals surface area contributed by atoms with Gasteiger partial charge in [0, 0.05) is 0 Å². The van der Waals surface area contributed by atoms with Gasteiger partial charge in [0.05, 0.1) is 6.10 Å². The molecule has 1 unspecified atom stereocenters. The van der Waals surface area contributed by atoms with Gasteiger partial charge in [0.2, 0.25) is 0 Å². The zero-order valence-electron chi connectivity index (χ0n) is 7.80. The molecule has 1 nitrogen and oxygen atoms in total. The Morgan fingerprint density at radius 2 is 1.86 bits per heavy atom. The molecule has 1 N–H and O–H groups in total. The lowest BCUT2D eigenvalue weighted by atomic mass is 10.0. The molecular weight excluding hydrogens is 172 g/mol. The zero-order valence-corrected chi connectivity index (χ0v) is 7.80. The highest BCUT2D eigenvalue weighted by Gasteiger charge is 2.05. The molecule has 1 heteroatoms. The van der Waals surface area contributed by atoms with E-state index in [0.29, 0.717) is 0 Å². The smallest absolute Gasteiger partial charge is 0.0975 e. The van der Waals surface area contributed by atoms with Gasteiger partial charge in [-0.3, -0.25) is 0 Å². The van der Waals surface area contributed by atoms with Crippen molar-refractivity contribution in [1.82, 2.24) is 0 Å². The van der Waals surface area contributed by atoms with Crippen molar-refractivity contribution in [3.05, 3.63) is 65.8 Å². The fourth-order valence-electron chi connectivity index (χ4n) is 1.42. The van der Waals surface area contributed by atoms with Crippen molar-refractivity contribution < 1.29 is 5.11 Å². The molecule has 2 rings (SSSR count). The van der Waals surface area contributed by atoms with E-state index in [1.54, 1.807) is 6.08 Å². The molecule has 1 aromatic rings. The van der Waals surface area contributed by atoms with Gasteiger partial charge in [-0.1, -0.05) is 54.6 Å². The average Bonchev–Trinajstić information content (AvgIpc) is 2.23. The topological polar surface area (TPSA) is 20.2 Å². The minimum absolute atomic E-state index is 0.472. The van der Waals surface area contributed by atoms with E-state index in [-0.39, 0.29) is 0 Å². The monoisotopic (exact) mass is 184 g/mol. The molecule has 0 heterocycles. The lowest BCUT2D eigenvalue weighted by Gasteiger charge is -2.10. The summed E-state index contributed by atoms with van der Waals surface area (Å²) in [5, 5.41) is 9.62. The van der Waals surface area contributed by atoms with Gasteiger partial charge >= 0.3 is 0 Å². The standard InChI is InChI=1S/C13H12O/c14-13-9-5-4-8-12(13)10-11-6-2-1-3-7-11/h1-10,13-14H. The number of rotatable bonds is 1. The van der Waals surface area contributed by atoms with Gasteiger partial charge in [0.1, 0.15) is 0 Å². The SMILES string of the molecule is OC1C=CC=CC1=Cc1ccccc1. The van der Waals surface area contributed by atoms with Crippen molar-refractivity contribution in [2.75, 3.05) is 0 Å². The van der Waals surface area contributed by atoms with Crippen LogP contribution in [0.3, 0.4) is 0 Å². The van der Waals surface area contributed by atoms with Gasteiger partial charge < -0.3 is 5.11 Å². The molecule has 0 saturated heterocycles. The Morgan fingerprint density at radius 1 is 1.07 bits per heavy atom. The van der Waals surface area contributed by atoms with Gasteiger partial charge in [-0.25, -0.2) is 0 Å². The third kappa shape index (κ3) is 2.01. The molecule has 0 aliphatic heterocycles. The summed E-state index contributed by atoms with van der Waals surface area (Å²) < 4.78 is 0. The van der Waals surface area contributed by atoms with Crippen LogP contribution in [0, 0.1) is 0 Å². The maximum atomic E-state index is 9.62. The third-order valence-corrected chi connectivity index (χ3v) is 2.17. The first-order chi connectivity index (χ1) is 6.86. The van der Waals surface area contributed by atoms with Crippen LogP contribution in [0.25, 0.3) is 6.08 Å². The Hall–Kier alpha value is -1.60. The summed E-state index contributed by atoms with van der Waals surface area (Å²) in [5.74, 6) is 0. The molecule has 14 heavy (non-hydrogen) atoms. The van der Waals surface area contributed by atoms with E-state index in [9.17, 15) is 5.11 Å². The quantitative estimate of drug-likeness (QED) is 0.711. The van der Waals surface area contributed by atoms with Crippen molar-refractivity contribution >= 4 is 6.08 Å². The highest BCUT2D eigenvalue weighted by atomic mass is 16.3. The zero-order chi connectivity index (χ0) is 9.80. The predicted molar refractivity (Wildman–Crippen MR) is 58.7 cm³/mol. The number of hydrogen-bond donors (Lipinski definition) is 1. The van der Waals surface area contributed by atoms with Crippen LogP contribution in [0.15, 0.2) is 60.2 Å². The van der Waals surface area contributed by atoms with E-state index in [4.69, 9.17) is 0 Å². The average molecular weight is 184 g/mol. The Bertz CT molecular complexity index is 385. The number of benzene rings is 1. The predicted octanol–water partition coefficient (Wildman–Crippen LogP) is 2.56. The second kappa shape index (κ2) is 4.07. The Kier molecular flexibility index (Phi) is 2.61. The summed E-state index contributed by atoms with van der Waals surface area (Å²) >= 11 is 0. The van der Waals surface area contributed by atoms with Gasteiger partial charge in [0.15, 0.2) is 0 Å². The van der Waals surface area contributed by atoms with E-state index >= 15 is 0 Å². The fraction of sp³-hybridized carbons (Fsp3) is 0.0769. The van der Waals surface area contributed by atoms with Crippen LogP contribution in [0.1, 0.15) is 5.56 Å². The molecule has 0 radical (unpaired) electrons. The van der Waals surface area contributed by atoms with Crippen LogP contribution in [0.4, 0.5) is 0 Å². The number of hydrogen-bond acceptors (Lipinski definition) is 1. The highest BCUT2D eigenvalue weighted by Crippen LogP contribution is 2.15. The van der Waals surface area contributed by atoms with Crippen molar-refractivity contribution in [2.45, 2.75) is 6.10 Å². The first-order valence-electron chi connectivity index (χ1n) is 4.66. The van der Waals surface area contributed by atoms with E-state index in [1.807, 2.05) is 54.6 Å². The summed E-state index contributed by atoms with van der Waals surface area (Å²) in [7, 11) is 0. The molecule has 0 spiro atoms. The normalized spacial score (nSPS) is 22.9. The Balaban J connectivity index is 2.27. The number of aliphatic hydroxyl groups is 1. The maximum Gasteiger partial charge on any atom is 0.0975 e. The van der Waals surface area contributed by atoms with Crippen molar-refractivity contribution in [3.63, 3.8) is 0 Å². The summed E-state index contributed by atoms with van der Waals surface area (Å²) in [4.78, 5) is 0. The Morgan fingerprint density at radius 3 is 2.57 bits per heavy atom. The molecule has 70 valence electrons. The van der Waals surface area contributed by atoms with Gasteiger partial charge in [-0.15, -0.1) is 0 Å². The van der Waals surface area contributed by atoms with Crippen LogP contribution in [0.2, 0.25) is 0 Å². The van der Waals surface area contributed by atoms with Crippen LogP contribution < -0.4 is 0 Å². The lowest BCUT2D eigenvalue weighted by molar-refractivity contribution is 0.263. The lowest BCUT2D eigenvalue weighted by Crippen LogP contribution is -2.06. The molecule has 0 aromatic heterocycles. The molecule has 1 aliphatic carbocycles. The van der Waals surface area contributed by atoms with Gasteiger partial charge in [-0.05, 0) is 17.2 Å². The summed E-state index contributed by atoms with van der Waals surface area (Å²) in [6.07, 6.45) is 9.01. The maximum absolute atomic E-state index is 9.62. The first kappa shape index (κ1) is 8.97. The summed E-state index contributed by atoms with van der Waals surface area (Å²) in [6, 6.07) is 10.00. The summed E-state index contributed by atoms with van der Waals surface area (Å²) in [5.41, 5.74) is 2.04. The molecular formula is C13H12O. The van der Waals surface area contributed by atoms with Crippen LogP contribution in [-0.2, 0) is 0 Å². The second-order valence-corrected chi connectivity index (χ2v) is 3.24. The first-order valence-corrected chi connectivity index (χ1v) is 4.66. The molecule has 1 aromatic carbocycles. The van der Waals surface area contributed by atoms with Gasteiger partial charge in [0.25, 0.3) is 0 Å². The second-order valence-electron chi connectivity index (χ2n) is 3.24. The molecule has 0 fully saturated rings. The number of allylic oxidation sites excluding steroid dienone is 2. The van der Waals surface area contributed by atoms with Crippen molar-refractivity contribution in [3.8, 4) is 0 Å². The molecule has 1 atom stereocenters. The van der Waals surface area contributed by atoms with Crippen LogP contribution in [-0.4, -0.2) is 11.2 Å². The molecule has 0 saturated carbocycles. The van der Waals surface area contributed by atoms with E-state index in [1.165, 1.54) is 0 Å². The van der Waals surface area contributed by atoms with E-state index in [0.717, 1.165) is 11.1 Å². The van der Waals surface area contributed by atoms with E-state index < -0.39 is 6.10 Å². The summed E-state index contributed by atoms with van der Waals surface area (Å²) in [6.45, 7) is 0.